The van der Waals surface area contributed by atoms with Crippen molar-refractivity contribution in [1.29, 1.82) is 0 Å². The number of fused-ring (bicyclic) bond motifs is 3. The number of rotatable bonds is 7. The van der Waals surface area contributed by atoms with E-state index in [-0.39, 0.29) is 23.9 Å². The Bertz CT molecular complexity index is 1430. The number of hydrogen-bond acceptors (Lipinski definition) is 9. The fourth-order valence-corrected chi connectivity index (χ4v) is 5.34. The maximum atomic E-state index is 13.0. The molecule has 6 rings (SSSR count). The predicted octanol–water partition coefficient (Wildman–Crippen LogP) is 4.27. The molecule has 0 aliphatic carbocycles. The number of benzene rings is 2. The first-order valence-corrected chi connectivity index (χ1v) is 12.4. The van der Waals surface area contributed by atoms with Gasteiger partial charge < -0.3 is 25.1 Å². The second kappa shape index (κ2) is 9.29. The highest BCUT2D eigenvalue weighted by Gasteiger charge is 2.47. The zero-order valence-corrected chi connectivity index (χ0v) is 20.4. The van der Waals surface area contributed by atoms with E-state index in [1.165, 1.54) is 6.39 Å². The number of carbonyl (C=O) groups is 1. The number of aliphatic hydroxyl groups is 1. The van der Waals surface area contributed by atoms with E-state index in [4.69, 9.17) is 9.40 Å². The Hall–Kier alpha value is -4.31. The summed E-state index contributed by atoms with van der Waals surface area (Å²) in [5.74, 6) is 1.16. The Morgan fingerprint density at radius 3 is 2.81 bits per heavy atom. The molecule has 188 valence electrons. The van der Waals surface area contributed by atoms with Crippen molar-refractivity contribution in [2.45, 2.75) is 37.8 Å². The van der Waals surface area contributed by atoms with Gasteiger partial charge >= 0.3 is 0 Å². The first-order valence-electron chi connectivity index (χ1n) is 12.4. The van der Waals surface area contributed by atoms with Gasteiger partial charge in [-0.05, 0) is 55.5 Å². The smallest absolute Gasteiger partial charge is 0.254 e. The van der Waals surface area contributed by atoms with Gasteiger partial charge in [0.15, 0.2) is 0 Å². The van der Waals surface area contributed by atoms with Crippen LogP contribution in [0.2, 0.25) is 0 Å². The Labute approximate surface area is 213 Å². The molecule has 4 aromatic rings. The van der Waals surface area contributed by atoms with Crippen molar-refractivity contribution in [3.63, 3.8) is 0 Å². The zero-order valence-electron chi connectivity index (χ0n) is 20.4. The molecule has 0 radical (unpaired) electrons. The van der Waals surface area contributed by atoms with Crippen LogP contribution in [-0.4, -0.2) is 49.2 Å². The van der Waals surface area contributed by atoms with Gasteiger partial charge in [-0.25, -0.2) is 4.98 Å². The quantitative estimate of drug-likeness (QED) is 0.343. The van der Waals surface area contributed by atoms with Gasteiger partial charge in [0.05, 0.1) is 23.8 Å². The maximum Gasteiger partial charge on any atom is 0.254 e. The third-order valence-electron chi connectivity index (χ3n) is 7.30. The number of anilines is 3. The summed E-state index contributed by atoms with van der Waals surface area (Å²) in [6.07, 6.45) is 5.92. The molecule has 10 heteroatoms. The van der Waals surface area contributed by atoms with Crippen molar-refractivity contribution in [2.75, 3.05) is 23.8 Å². The van der Waals surface area contributed by atoms with Crippen LogP contribution in [-0.2, 0) is 5.54 Å². The molecule has 0 saturated carbocycles. The summed E-state index contributed by atoms with van der Waals surface area (Å²) in [7, 11) is 0. The van der Waals surface area contributed by atoms with Gasteiger partial charge in [-0.1, -0.05) is 30.3 Å². The summed E-state index contributed by atoms with van der Waals surface area (Å²) >= 11 is 0. The van der Waals surface area contributed by atoms with E-state index >= 15 is 0 Å². The molecular formula is C27H27N7O3. The molecule has 1 amide bonds. The first kappa shape index (κ1) is 23.1. The van der Waals surface area contributed by atoms with E-state index in [1.807, 2.05) is 53.4 Å². The lowest BCUT2D eigenvalue weighted by Gasteiger charge is -2.40. The molecule has 2 aliphatic heterocycles. The van der Waals surface area contributed by atoms with Crippen LogP contribution in [0, 0.1) is 0 Å². The Morgan fingerprint density at radius 1 is 1.16 bits per heavy atom. The number of carbonyl (C=O) groups excluding carboxylic acids is 1. The van der Waals surface area contributed by atoms with Crippen LogP contribution >= 0.6 is 0 Å². The van der Waals surface area contributed by atoms with E-state index in [1.54, 1.807) is 6.20 Å². The van der Waals surface area contributed by atoms with Gasteiger partial charge in [0, 0.05) is 24.0 Å². The Morgan fingerprint density at radius 2 is 2.03 bits per heavy atom. The Balaban J connectivity index is 1.33. The highest BCUT2D eigenvalue weighted by Crippen LogP contribution is 2.46. The minimum Gasteiger partial charge on any atom is -0.423 e. The Kier molecular flexibility index (Phi) is 5.80. The molecule has 2 atom stereocenters. The van der Waals surface area contributed by atoms with Crippen molar-refractivity contribution in [3.8, 4) is 11.5 Å². The number of aromatic nitrogens is 4. The predicted molar refractivity (Wildman–Crippen MR) is 137 cm³/mol. The van der Waals surface area contributed by atoms with Crippen LogP contribution in [0.1, 0.15) is 53.7 Å². The molecule has 1 saturated heterocycles. The number of nitrogens with zero attached hydrogens (tertiary/aromatic N) is 5. The van der Waals surface area contributed by atoms with Crippen molar-refractivity contribution >= 4 is 23.4 Å². The molecule has 2 aromatic heterocycles. The van der Waals surface area contributed by atoms with E-state index < -0.39 is 6.04 Å². The molecule has 4 heterocycles. The monoisotopic (exact) mass is 497 g/mol. The maximum absolute atomic E-state index is 13.0. The van der Waals surface area contributed by atoms with Crippen LogP contribution in [0.3, 0.4) is 0 Å². The average Bonchev–Trinajstić information content (AvgIpc) is 3.54. The topological polar surface area (TPSA) is 129 Å². The minimum atomic E-state index is -0.408. The molecule has 0 unspecified atom stereocenters. The van der Waals surface area contributed by atoms with Gasteiger partial charge in [0.1, 0.15) is 5.82 Å². The molecular weight excluding hydrogens is 470 g/mol. The van der Waals surface area contributed by atoms with Crippen molar-refractivity contribution in [1.82, 2.24) is 25.1 Å². The van der Waals surface area contributed by atoms with Gasteiger partial charge in [0.2, 0.25) is 12.3 Å². The molecule has 10 nitrogen and oxygen atoms in total. The van der Waals surface area contributed by atoms with Crippen molar-refractivity contribution in [3.05, 3.63) is 77.8 Å². The van der Waals surface area contributed by atoms with Crippen LogP contribution < -0.4 is 10.6 Å². The zero-order chi connectivity index (χ0) is 25.4. The second-order valence-electron chi connectivity index (χ2n) is 9.56. The lowest BCUT2D eigenvalue weighted by atomic mass is 9.84. The summed E-state index contributed by atoms with van der Waals surface area (Å²) in [6.45, 7) is 2.79. The highest BCUT2D eigenvalue weighted by atomic mass is 16.4. The first-order chi connectivity index (χ1) is 18.1. The van der Waals surface area contributed by atoms with E-state index in [9.17, 15) is 9.90 Å². The van der Waals surface area contributed by atoms with Crippen LogP contribution in [0.15, 0.2) is 65.5 Å². The average molecular weight is 498 g/mol. The minimum absolute atomic E-state index is 0.103. The van der Waals surface area contributed by atoms with E-state index in [0.29, 0.717) is 17.3 Å². The number of hydrogen-bond donors (Lipinski definition) is 3. The fraction of sp³-hybridized carbons (Fsp3) is 0.296. The molecule has 3 N–H and O–H groups in total. The summed E-state index contributed by atoms with van der Waals surface area (Å²) in [6, 6.07) is 15.0. The molecule has 0 spiro atoms. The molecule has 0 bridgehead atoms. The van der Waals surface area contributed by atoms with Crippen molar-refractivity contribution in [2.24, 2.45) is 0 Å². The molecule has 2 aromatic carbocycles. The number of piperidine rings is 1. The fourth-order valence-electron chi connectivity index (χ4n) is 5.34. The largest absolute Gasteiger partial charge is 0.423 e. The second-order valence-corrected chi connectivity index (χ2v) is 9.56. The summed E-state index contributed by atoms with van der Waals surface area (Å²) in [5.41, 5.74) is 3.72. The highest BCUT2D eigenvalue weighted by molar-refractivity contribution is 6.00. The van der Waals surface area contributed by atoms with Gasteiger partial charge in [-0.2, -0.15) is 4.98 Å². The van der Waals surface area contributed by atoms with Crippen molar-refractivity contribution < 1.29 is 14.3 Å². The summed E-state index contributed by atoms with van der Waals surface area (Å²) < 4.78 is 5.40. The van der Waals surface area contributed by atoms with Gasteiger partial charge in [0.25, 0.3) is 11.8 Å². The van der Waals surface area contributed by atoms with E-state index in [0.717, 1.165) is 48.2 Å². The normalized spacial score (nSPS) is 19.3. The molecule has 37 heavy (non-hydrogen) atoms. The summed E-state index contributed by atoms with van der Waals surface area (Å²) in [4.78, 5) is 24.2. The van der Waals surface area contributed by atoms with E-state index in [2.05, 4.69) is 32.7 Å². The number of aliphatic hydroxyl groups excluding tert-OH is 1. The third kappa shape index (κ3) is 4.09. The lowest BCUT2D eigenvalue weighted by molar-refractivity contribution is 0.0464. The van der Waals surface area contributed by atoms with Gasteiger partial charge in [-0.15, -0.1) is 10.2 Å². The number of nitrogens with one attached hydrogen (secondary N) is 2. The summed E-state index contributed by atoms with van der Waals surface area (Å²) in [5, 5.41) is 24.4. The lowest BCUT2D eigenvalue weighted by Crippen LogP contribution is -2.44. The standard InChI is InChI=1S/C27H27N7O3/c1-27-11-5-6-12-34(27)25(36)19-10-9-18(13-21(19)27)30-26-28-14-20(24-33-29-16-37-24)23(32-26)31-22(15-35)17-7-3-2-4-8-17/h2-4,7-10,13-14,16,22,35H,5-6,11-12,15H2,1H3,(H2,28,30,31,32)/t22-,27+/m1/s1. The van der Waals surface area contributed by atoms with Crippen LogP contribution in [0.25, 0.3) is 11.5 Å². The van der Waals surface area contributed by atoms with Crippen LogP contribution in [0.5, 0.6) is 0 Å². The molecule has 1 fully saturated rings. The molecule has 2 aliphatic rings. The number of amides is 1. The van der Waals surface area contributed by atoms with Crippen LogP contribution in [0.4, 0.5) is 17.5 Å². The SMILES string of the molecule is C[C@@]12CCCCN1C(=O)c1ccc(Nc3ncc(-c4nnco4)c(N[C@H](CO)c4ccccc4)n3)cc12. The van der Waals surface area contributed by atoms with Gasteiger partial charge in [-0.3, -0.25) is 4.79 Å². The third-order valence-corrected chi connectivity index (χ3v) is 7.30.